The van der Waals surface area contributed by atoms with Crippen molar-refractivity contribution in [3.8, 4) is 0 Å². The van der Waals surface area contributed by atoms with Crippen molar-refractivity contribution < 1.29 is 9.47 Å². The van der Waals surface area contributed by atoms with E-state index in [2.05, 4.69) is 25.6 Å². The van der Waals surface area contributed by atoms with Crippen LogP contribution < -0.4 is 0 Å². The topological polar surface area (TPSA) is 18.5 Å². The molecule has 2 aliphatic rings. The van der Waals surface area contributed by atoms with Crippen molar-refractivity contribution in [2.45, 2.75) is 283 Å². The third-order valence-corrected chi connectivity index (χ3v) is 14.2. The lowest BCUT2D eigenvalue weighted by atomic mass is 9.86. The Morgan fingerprint density at radius 1 is 0.358 bits per heavy atom. The van der Waals surface area contributed by atoms with Crippen LogP contribution in [-0.4, -0.2) is 36.9 Å². The fraction of sp³-hybridized carbons (Fsp3) is 1.00. The van der Waals surface area contributed by atoms with Crippen molar-refractivity contribution in [3.05, 3.63) is 0 Å². The molecule has 0 saturated carbocycles. The highest BCUT2D eigenvalue weighted by Crippen LogP contribution is 2.31. The maximum Gasteiger partial charge on any atom is 0.0603 e. The van der Waals surface area contributed by atoms with Crippen LogP contribution in [0.3, 0.4) is 0 Å². The third kappa shape index (κ3) is 30.1. The van der Waals surface area contributed by atoms with Gasteiger partial charge in [-0.1, -0.05) is 194 Å². The molecule has 0 aromatic heterocycles. The molecule has 0 aliphatic carbocycles. The first-order chi connectivity index (χ1) is 26.3. The smallest absolute Gasteiger partial charge is 0.0603 e. The minimum Gasteiger partial charge on any atom is -0.378 e. The maximum atomic E-state index is 6.23. The van der Waals surface area contributed by atoms with E-state index in [4.69, 9.17) is 9.47 Å². The molecule has 0 aromatic rings. The highest BCUT2D eigenvalue weighted by atomic mass is 32.2. The second-order valence-corrected chi connectivity index (χ2v) is 19.2. The third-order valence-electron chi connectivity index (χ3n) is 13.1. The van der Waals surface area contributed by atoms with Crippen molar-refractivity contribution in [2.75, 3.05) is 24.7 Å². The number of rotatable bonds is 40. The number of thioether (sulfide) groups is 1. The number of hydrogen-bond acceptors (Lipinski definition) is 3. The first-order valence-corrected chi connectivity index (χ1v) is 26.3. The van der Waals surface area contributed by atoms with Crippen molar-refractivity contribution in [2.24, 2.45) is 11.8 Å². The second kappa shape index (κ2) is 39.1. The molecule has 0 N–H and O–H groups in total. The molecule has 0 aromatic carbocycles. The quantitative estimate of drug-likeness (QED) is 0.0579. The zero-order chi connectivity index (χ0) is 37.5. The summed E-state index contributed by atoms with van der Waals surface area (Å²) in [7, 11) is 0. The molecular formula is C50H98O2S. The van der Waals surface area contributed by atoms with Gasteiger partial charge in [0.05, 0.1) is 12.2 Å². The molecule has 3 heteroatoms. The van der Waals surface area contributed by atoms with E-state index < -0.39 is 0 Å². The van der Waals surface area contributed by atoms with Crippen LogP contribution >= 0.6 is 11.8 Å². The van der Waals surface area contributed by atoms with Crippen molar-refractivity contribution in [1.29, 1.82) is 0 Å². The first kappa shape index (κ1) is 49.4. The first-order valence-electron chi connectivity index (χ1n) is 25.2. The highest BCUT2D eigenvalue weighted by molar-refractivity contribution is 7.99. The molecule has 2 rings (SSSR count). The normalized spacial score (nSPS) is 19.1. The van der Waals surface area contributed by atoms with E-state index in [1.54, 1.807) is 0 Å². The van der Waals surface area contributed by atoms with Crippen molar-refractivity contribution in [3.63, 3.8) is 0 Å². The summed E-state index contributed by atoms with van der Waals surface area (Å²) in [6, 6.07) is 0. The average Bonchev–Trinajstić information content (AvgIpc) is 3.19. The van der Waals surface area contributed by atoms with Gasteiger partial charge in [-0.25, -0.2) is 0 Å². The summed E-state index contributed by atoms with van der Waals surface area (Å²) < 4.78 is 12.5. The molecule has 0 amide bonds. The lowest BCUT2D eigenvalue weighted by Crippen LogP contribution is -2.28. The molecule has 0 spiro atoms. The molecule has 0 bridgehead atoms. The molecule has 53 heavy (non-hydrogen) atoms. The Bertz CT molecular complexity index is 644. The van der Waals surface area contributed by atoms with Gasteiger partial charge in [0.25, 0.3) is 0 Å². The van der Waals surface area contributed by atoms with Crippen LogP contribution in [0.4, 0.5) is 0 Å². The Labute approximate surface area is 339 Å². The van der Waals surface area contributed by atoms with E-state index in [0.29, 0.717) is 12.2 Å². The van der Waals surface area contributed by atoms with Gasteiger partial charge in [-0.05, 0) is 100 Å². The molecule has 316 valence electrons. The fourth-order valence-electron chi connectivity index (χ4n) is 9.48. The molecular weight excluding hydrogens is 665 g/mol. The standard InChI is InChI=1S/C50H98O2S/c1-3-5-7-27-37-47(49-41-31-33-43-51-49)39-29-23-19-15-11-9-13-17-21-25-35-45-53-46-36-26-22-18-14-10-12-16-20-24-30-40-48(38-28-8-6-4-2)50-42-32-34-44-52-50/h47-50H,3-46H2,1-2H3. The Kier molecular flexibility index (Phi) is 36.5. The van der Waals surface area contributed by atoms with E-state index in [1.807, 2.05) is 0 Å². The fourth-order valence-corrected chi connectivity index (χ4v) is 10.5. The largest absolute Gasteiger partial charge is 0.378 e. The van der Waals surface area contributed by atoms with Gasteiger partial charge in [0.15, 0.2) is 0 Å². The van der Waals surface area contributed by atoms with Gasteiger partial charge < -0.3 is 9.47 Å². The van der Waals surface area contributed by atoms with Crippen LogP contribution in [-0.2, 0) is 9.47 Å². The van der Waals surface area contributed by atoms with E-state index in [-0.39, 0.29) is 0 Å². The molecule has 4 atom stereocenters. The predicted octanol–water partition coefficient (Wildman–Crippen LogP) is 17.4. The van der Waals surface area contributed by atoms with Gasteiger partial charge in [-0.3, -0.25) is 0 Å². The summed E-state index contributed by atoms with van der Waals surface area (Å²) >= 11 is 2.23. The SMILES string of the molecule is CCCCCCC(CCCCCCCCCCCCCSCCCCCCCCCCCCCC(CCCCCC)C1CCCCO1)C1CCCCO1. The second-order valence-electron chi connectivity index (χ2n) is 18.0. The summed E-state index contributed by atoms with van der Waals surface area (Å²) in [4.78, 5) is 0. The molecule has 2 heterocycles. The lowest BCUT2D eigenvalue weighted by Gasteiger charge is -2.31. The zero-order valence-electron chi connectivity index (χ0n) is 36.6. The summed E-state index contributed by atoms with van der Waals surface area (Å²) in [6.07, 6.45) is 58.3. The van der Waals surface area contributed by atoms with E-state index in [9.17, 15) is 0 Å². The van der Waals surface area contributed by atoms with Crippen LogP contribution in [0.15, 0.2) is 0 Å². The van der Waals surface area contributed by atoms with Crippen LogP contribution in [0.25, 0.3) is 0 Å². The molecule has 2 nitrogen and oxygen atoms in total. The van der Waals surface area contributed by atoms with Gasteiger partial charge >= 0.3 is 0 Å². The predicted molar refractivity (Wildman–Crippen MR) is 240 cm³/mol. The van der Waals surface area contributed by atoms with Crippen molar-refractivity contribution in [1.82, 2.24) is 0 Å². The Hall–Kier alpha value is 0.270. The summed E-state index contributed by atoms with van der Waals surface area (Å²) in [6.45, 7) is 6.69. The lowest BCUT2D eigenvalue weighted by molar-refractivity contribution is -0.0267. The van der Waals surface area contributed by atoms with Gasteiger partial charge in [0.2, 0.25) is 0 Å². The average molecular weight is 763 g/mol. The molecule has 2 saturated heterocycles. The van der Waals surface area contributed by atoms with E-state index in [1.165, 1.54) is 268 Å². The number of ether oxygens (including phenoxy) is 2. The van der Waals surface area contributed by atoms with Crippen LogP contribution in [0.5, 0.6) is 0 Å². The van der Waals surface area contributed by atoms with Crippen molar-refractivity contribution >= 4 is 11.8 Å². The zero-order valence-corrected chi connectivity index (χ0v) is 37.5. The van der Waals surface area contributed by atoms with Crippen LogP contribution in [0, 0.1) is 11.8 Å². The van der Waals surface area contributed by atoms with Gasteiger partial charge in [0, 0.05) is 13.2 Å². The van der Waals surface area contributed by atoms with Gasteiger partial charge in [-0.15, -0.1) is 0 Å². The number of hydrogen-bond donors (Lipinski definition) is 0. The summed E-state index contributed by atoms with van der Waals surface area (Å²) in [5, 5.41) is 0. The number of unbranched alkanes of at least 4 members (excludes halogenated alkanes) is 26. The van der Waals surface area contributed by atoms with Gasteiger partial charge in [-0.2, -0.15) is 11.8 Å². The molecule has 4 unspecified atom stereocenters. The molecule has 0 radical (unpaired) electrons. The minimum atomic E-state index is 0.583. The summed E-state index contributed by atoms with van der Waals surface area (Å²) in [5.41, 5.74) is 0. The Morgan fingerprint density at radius 2 is 0.642 bits per heavy atom. The highest BCUT2D eigenvalue weighted by Gasteiger charge is 2.25. The summed E-state index contributed by atoms with van der Waals surface area (Å²) in [5.74, 6) is 4.49. The minimum absolute atomic E-state index is 0.583. The Morgan fingerprint density at radius 3 is 0.925 bits per heavy atom. The van der Waals surface area contributed by atoms with Crippen LogP contribution in [0.2, 0.25) is 0 Å². The molecule has 2 fully saturated rings. The molecule has 2 aliphatic heterocycles. The monoisotopic (exact) mass is 763 g/mol. The Balaban J connectivity index is 1.25. The maximum absolute atomic E-state index is 6.23. The van der Waals surface area contributed by atoms with Crippen LogP contribution in [0.1, 0.15) is 271 Å². The van der Waals surface area contributed by atoms with Gasteiger partial charge in [0.1, 0.15) is 0 Å². The van der Waals surface area contributed by atoms with E-state index in [0.717, 1.165) is 25.0 Å². The van der Waals surface area contributed by atoms with E-state index >= 15 is 0 Å².